The monoisotopic (exact) mass is 318 g/mol. The lowest BCUT2D eigenvalue weighted by molar-refractivity contribution is -0.119. The second-order valence-electron chi connectivity index (χ2n) is 5.48. The van der Waals surface area contributed by atoms with Gasteiger partial charge in [0.25, 0.3) is 0 Å². The molecule has 0 aliphatic rings. The minimum absolute atomic E-state index is 0.000922. The van der Waals surface area contributed by atoms with Crippen molar-refractivity contribution < 1.29 is 4.79 Å². The Morgan fingerprint density at radius 3 is 2.55 bits per heavy atom. The molecule has 1 atom stereocenters. The smallest absolute Gasteiger partial charge is 0.230 e. The molecule has 1 amide bonds. The van der Waals surface area contributed by atoms with Gasteiger partial charge in [-0.1, -0.05) is 42.1 Å². The molecule has 0 saturated carbocycles. The molecule has 2 aromatic rings. The molecular weight excluding hydrogens is 296 g/mol. The fourth-order valence-electron chi connectivity index (χ4n) is 2.28. The van der Waals surface area contributed by atoms with Crippen LogP contribution in [0.15, 0.2) is 35.5 Å². The van der Waals surface area contributed by atoms with E-state index in [9.17, 15) is 4.79 Å². The first-order valence-corrected chi connectivity index (χ1v) is 8.36. The van der Waals surface area contributed by atoms with Gasteiger partial charge in [-0.3, -0.25) is 4.79 Å². The topological polar surface area (TPSA) is 59.8 Å². The number of aryl methyl sites for hydroxylation is 1. The number of carbonyl (C=O) groups excluding carboxylic acids is 1. The molecule has 1 aromatic carbocycles. The van der Waals surface area contributed by atoms with Crippen molar-refractivity contribution in [3.63, 3.8) is 0 Å². The van der Waals surface area contributed by atoms with Crippen LogP contribution in [0.2, 0.25) is 0 Å². The number of nitrogens with one attached hydrogen (secondary N) is 1. The first-order valence-electron chi connectivity index (χ1n) is 7.37. The van der Waals surface area contributed by atoms with Crippen LogP contribution in [0, 0.1) is 6.92 Å². The van der Waals surface area contributed by atoms with Crippen LogP contribution < -0.4 is 5.32 Å². The fourth-order valence-corrected chi connectivity index (χ4v) is 3.21. The van der Waals surface area contributed by atoms with Crippen LogP contribution in [0.5, 0.6) is 0 Å². The van der Waals surface area contributed by atoms with E-state index in [4.69, 9.17) is 0 Å². The second-order valence-corrected chi connectivity index (χ2v) is 6.42. The molecule has 6 heteroatoms. The molecule has 1 heterocycles. The molecule has 0 aliphatic carbocycles. The van der Waals surface area contributed by atoms with Crippen molar-refractivity contribution in [2.75, 3.05) is 5.75 Å². The van der Waals surface area contributed by atoms with Crippen LogP contribution in [0.4, 0.5) is 0 Å². The molecule has 0 fully saturated rings. The van der Waals surface area contributed by atoms with Gasteiger partial charge < -0.3 is 9.88 Å². The zero-order chi connectivity index (χ0) is 16.1. The minimum Gasteiger partial charge on any atom is -0.349 e. The summed E-state index contributed by atoms with van der Waals surface area (Å²) in [5.41, 5.74) is 1.10. The van der Waals surface area contributed by atoms with E-state index in [0.717, 1.165) is 16.5 Å². The Hall–Kier alpha value is -1.82. The highest BCUT2D eigenvalue weighted by Gasteiger charge is 2.15. The summed E-state index contributed by atoms with van der Waals surface area (Å²) in [5.74, 6) is 1.20. The van der Waals surface area contributed by atoms with Gasteiger partial charge in [0, 0.05) is 6.04 Å². The van der Waals surface area contributed by atoms with Gasteiger partial charge in [-0.05, 0) is 33.3 Å². The molecule has 1 N–H and O–H groups in total. The van der Waals surface area contributed by atoms with E-state index >= 15 is 0 Å². The van der Waals surface area contributed by atoms with E-state index < -0.39 is 0 Å². The molecule has 5 nitrogen and oxygen atoms in total. The van der Waals surface area contributed by atoms with Crippen LogP contribution in [-0.4, -0.2) is 26.4 Å². The lowest BCUT2D eigenvalue weighted by Gasteiger charge is -2.15. The summed E-state index contributed by atoms with van der Waals surface area (Å²) in [5, 5.41) is 12.0. The average Bonchev–Trinajstić information content (AvgIpc) is 2.87. The van der Waals surface area contributed by atoms with Gasteiger partial charge in [0.2, 0.25) is 5.91 Å². The maximum absolute atomic E-state index is 12.1. The summed E-state index contributed by atoms with van der Waals surface area (Å²) in [6, 6.07) is 10.2. The number of carbonyl (C=O) groups is 1. The molecule has 118 valence electrons. The summed E-state index contributed by atoms with van der Waals surface area (Å²) in [6.45, 7) is 8.07. The van der Waals surface area contributed by atoms with E-state index in [1.807, 2.05) is 48.7 Å². The van der Waals surface area contributed by atoms with Crippen molar-refractivity contribution in [3.8, 4) is 0 Å². The van der Waals surface area contributed by atoms with Gasteiger partial charge in [-0.15, -0.1) is 10.2 Å². The Labute approximate surface area is 135 Å². The van der Waals surface area contributed by atoms with Crippen LogP contribution in [0.25, 0.3) is 0 Å². The number of aromatic nitrogens is 3. The Bertz CT molecular complexity index is 624. The van der Waals surface area contributed by atoms with Gasteiger partial charge in [-0.2, -0.15) is 0 Å². The first kappa shape index (κ1) is 16.5. The maximum atomic E-state index is 12.1. The normalized spacial score (nSPS) is 12.4. The van der Waals surface area contributed by atoms with Gasteiger partial charge in [0.05, 0.1) is 11.8 Å². The van der Waals surface area contributed by atoms with E-state index in [1.54, 1.807) is 0 Å². The third kappa shape index (κ3) is 4.10. The van der Waals surface area contributed by atoms with Crippen molar-refractivity contribution in [1.82, 2.24) is 20.1 Å². The van der Waals surface area contributed by atoms with Crippen molar-refractivity contribution in [1.29, 1.82) is 0 Å². The van der Waals surface area contributed by atoms with E-state index in [2.05, 4.69) is 29.4 Å². The zero-order valence-electron chi connectivity index (χ0n) is 13.4. The number of amides is 1. The predicted molar refractivity (Wildman–Crippen MR) is 88.9 cm³/mol. The predicted octanol–water partition coefficient (Wildman–Crippen LogP) is 3.14. The third-order valence-corrected chi connectivity index (χ3v) is 4.30. The second kappa shape index (κ2) is 7.45. The highest BCUT2D eigenvalue weighted by Crippen LogP contribution is 2.21. The Kier molecular flexibility index (Phi) is 5.60. The summed E-state index contributed by atoms with van der Waals surface area (Å²) < 4.78 is 2.04. The average molecular weight is 318 g/mol. The highest BCUT2D eigenvalue weighted by atomic mass is 32.2. The van der Waals surface area contributed by atoms with Crippen LogP contribution in [-0.2, 0) is 4.79 Å². The van der Waals surface area contributed by atoms with Crippen molar-refractivity contribution in [2.24, 2.45) is 0 Å². The number of thioether (sulfide) groups is 1. The first-order chi connectivity index (χ1) is 10.5. The zero-order valence-corrected chi connectivity index (χ0v) is 14.2. The van der Waals surface area contributed by atoms with Gasteiger partial charge in [-0.25, -0.2) is 0 Å². The van der Waals surface area contributed by atoms with Crippen LogP contribution in [0.3, 0.4) is 0 Å². The maximum Gasteiger partial charge on any atom is 0.230 e. The Balaban J connectivity index is 1.91. The molecule has 0 aliphatic heterocycles. The molecule has 0 bridgehead atoms. The summed E-state index contributed by atoms with van der Waals surface area (Å²) >= 11 is 1.42. The SMILES string of the molecule is Cc1nnc(SCC(=O)N[C@H](C)c2ccccc2)n1C(C)C. The molecule has 2 rings (SSSR count). The molecule has 22 heavy (non-hydrogen) atoms. The largest absolute Gasteiger partial charge is 0.349 e. The van der Waals surface area contributed by atoms with Gasteiger partial charge in [0.1, 0.15) is 5.82 Å². The molecule has 0 spiro atoms. The Morgan fingerprint density at radius 2 is 1.91 bits per heavy atom. The summed E-state index contributed by atoms with van der Waals surface area (Å²) in [4.78, 5) is 12.1. The molecule has 1 aromatic heterocycles. The van der Waals surface area contributed by atoms with Crippen molar-refractivity contribution in [3.05, 3.63) is 41.7 Å². The summed E-state index contributed by atoms with van der Waals surface area (Å²) in [6.07, 6.45) is 0. The number of benzene rings is 1. The minimum atomic E-state index is -0.00249. The van der Waals surface area contributed by atoms with Crippen LogP contribution >= 0.6 is 11.8 Å². The molecule has 0 radical (unpaired) electrons. The summed E-state index contributed by atoms with van der Waals surface area (Å²) in [7, 11) is 0. The lowest BCUT2D eigenvalue weighted by atomic mass is 10.1. The lowest BCUT2D eigenvalue weighted by Crippen LogP contribution is -2.28. The van der Waals surface area contributed by atoms with Crippen LogP contribution in [0.1, 0.15) is 44.2 Å². The van der Waals surface area contributed by atoms with Gasteiger partial charge in [0.15, 0.2) is 5.16 Å². The van der Waals surface area contributed by atoms with E-state index in [1.165, 1.54) is 11.8 Å². The standard InChI is InChI=1S/C16H22N4OS/c1-11(2)20-13(4)18-19-16(20)22-10-15(21)17-12(3)14-8-6-5-7-9-14/h5-9,11-12H,10H2,1-4H3,(H,17,21)/t12-/m1/s1. The molecular formula is C16H22N4OS. The fraction of sp³-hybridized carbons (Fsp3) is 0.438. The Morgan fingerprint density at radius 1 is 1.23 bits per heavy atom. The number of hydrogen-bond acceptors (Lipinski definition) is 4. The quantitative estimate of drug-likeness (QED) is 0.831. The number of rotatable bonds is 6. The third-order valence-electron chi connectivity index (χ3n) is 3.36. The highest BCUT2D eigenvalue weighted by molar-refractivity contribution is 7.99. The van der Waals surface area contributed by atoms with E-state index in [0.29, 0.717) is 5.75 Å². The number of nitrogens with zero attached hydrogens (tertiary/aromatic N) is 3. The number of hydrogen-bond donors (Lipinski definition) is 1. The molecule has 0 unspecified atom stereocenters. The van der Waals surface area contributed by atoms with Crippen molar-refractivity contribution in [2.45, 2.75) is 44.9 Å². The van der Waals surface area contributed by atoms with Gasteiger partial charge >= 0.3 is 0 Å². The molecule has 0 saturated heterocycles. The van der Waals surface area contributed by atoms with Crippen molar-refractivity contribution >= 4 is 17.7 Å². The van der Waals surface area contributed by atoms with E-state index in [-0.39, 0.29) is 18.0 Å².